The molecule has 2 aliphatic rings. The summed E-state index contributed by atoms with van der Waals surface area (Å²) >= 11 is 0. The summed E-state index contributed by atoms with van der Waals surface area (Å²) in [5.74, 6) is -0.429. The van der Waals surface area contributed by atoms with Crippen molar-refractivity contribution in [1.29, 1.82) is 0 Å². The minimum absolute atomic E-state index is 0.0284. The topological polar surface area (TPSA) is 151 Å². The van der Waals surface area contributed by atoms with Crippen molar-refractivity contribution in [2.75, 3.05) is 11.9 Å². The van der Waals surface area contributed by atoms with Gasteiger partial charge in [-0.15, -0.1) is 0 Å². The highest BCUT2D eigenvalue weighted by molar-refractivity contribution is 7.89. The molecule has 6 rings (SSSR count). The van der Waals surface area contributed by atoms with E-state index < -0.39 is 49.2 Å². The average Bonchev–Trinajstić information content (AvgIpc) is 3.53. The van der Waals surface area contributed by atoms with Crippen molar-refractivity contribution in [1.82, 2.24) is 9.62 Å². The zero-order chi connectivity index (χ0) is 30.9. The first-order valence-corrected chi connectivity index (χ1v) is 15.5. The van der Waals surface area contributed by atoms with Gasteiger partial charge in [-0.05, 0) is 41.8 Å². The molecule has 226 valence electrons. The molecular weight excluding hydrogens is 584 g/mol. The number of fused-ring (bicyclic) bond motifs is 3. The lowest BCUT2D eigenvalue weighted by atomic mass is 9.90. The smallest absolute Gasteiger partial charge is 0.289 e. The van der Waals surface area contributed by atoms with Gasteiger partial charge in [0.1, 0.15) is 23.6 Å². The molecule has 0 saturated carbocycles. The zero-order valence-corrected chi connectivity index (χ0v) is 24.3. The van der Waals surface area contributed by atoms with Crippen LogP contribution in [0.4, 0.5) is 11.4 Å². The maximum atomic E-state index is 14.4. The molecule has 2 aliphatic heterocycles. The van der Waals surface area contributed by atoms with Gasteiger partial charge in [-0.25, -0.2) is 8.42 Å². The maximum Gasteiger partial charge on any atom is 0.289 e. The highest BCUT2D eigenvalue weighted by Gasteiger charge is 2.64. The Morgan fingerprint density at radius 1 is 0.977 bits per heavy atom. The van der Waals surface area contributed by atoms with Crippen LogP contribution >= 0.6 is 0 Å². The number of nitrogens with zero attached hydrogens (tertiary/aromatic N) is 2. The molecule has 12 heteroatoms. The second kappa shape index (κ2) is 11.7. The normalized spacial score (nSPS) is 20.8. The van der Waals surface area contributed by atoms with Crippen molar-refractivity contribution >= 4 is 27.3 Å². The van der Waals surface area contributed by atoms with E-state index >= 15 is 0 Å². The number of para-hydroxylation sites is 2. The van der Waals surface area contributed by atoms with Gasteiger partial charge in [0.05, 0.1) is 11.5 Å². The Morgan fingerprint density at radius 3 is 2.41 bits per heavy atom. The van der Waals surface area contributed by atoms with Crippen LogP contribution in [0.3, 0.4) is 0 Å². The highest BCUT2D eigenvalue weighted by Crippen LogP contribution is 2.54. The predicted molar refractivity (Wildman–Crippen MR) is 162 cm³/mol. The molecule has 1 fully saturated rings. The van der Waals surface area contributed by atoms with Gasteiger partial charge in [0.2, 0.25) is 5.91 Å². The lowest BCUT2D eigenvalue weighted by Gasteiger charge is -2.32. The summed E-state index contributed by atoms with van der Waals surface area (Å²) in [6.07, 6.45) is -0.656. The van der Waals surface area contributed by atoms with Crippen LogP contribution < -0.4 is 10.6 Å². The number of nitro benzene ring substituents is 1. The van der Waals surface area contributed by atoms with Gasteiger partial charge >= 0.3 is 0 Å². The number of phenolic OH excluding ortho intramolecular Hbond substituents is 1. The Bertz CT molecular complexity index is 1800. The molecule has 2 heterocycles. The second-order valence-electron chi connectivity index (χ2n) is 10.7. The number of sulfonamides is 1. The van der Waals surface area contributed by atoms with E-state index in [0.717, 1.165) is 21.5 Å². The van der Waals surface area contributed by atoms with Gasteiger partial charge in [0, 0.05) is 30.3 Å². The summed E-state index contributed by atoms with van der Waals surface area (Å²) in [6.45, 7) is 0.341. The molecule has 0 radical (unpaired) electrons. The van der Waals surface area contributed by atoms with E-state index in [2.05, 4.69) is 10.6 Å². The summed E-state index contributed by atoms with van der Waals surface area (Å²) in [5.41, 5.74) is 1.22. The van der Waals surface area contributed by atoms with E-state index in [9.17, 15) is 28.4 Å². The second-order valence-corrected chi connectivity index (χ2v) is 12.6. The lowest BCUT2D eigenvalue weighted by Crippen LogP contribution is -2.52. The van der Waals surface area contributed by atoms with Crippen molar-refractivity contribution < 1.29 is 28.0 Å². The fourth-order valence-electron chi connectivity index (χ4n) is 6.00. The van der Waals surface area contributed by atoms with Crippen LogP contribution in [-0.2, 0) is 38.2 Å². The number of carbonyl (C=O) groups is 1. The molecule has 11 nitrogen and oxygen atoms in total. The fourth-order valence-corrected chi connectivity index (χ4v) is 7.89. The Kier molecular flexibility index (Phi) is 7.80. The van der Waals surface area contributed by atoms with Gasteiger partial charge in [0.25, 0.3) is 15.7 Å². The van der Waals surface area contributed by atoms with Crippen LogP contribution in [-0.4, -0.2) is 47.4 Å². The van der Waals surface area contributed by atoms with Crippen LogP contribution in [0.2, 0.25) is 0 Å². The molecule has 4 aromatic rings. The summed E-state index contributed by atoms with van der Waals surface area (Å²) in [5, 5.41) is 27.6. The number of anilines is 1. The van der Waals surface area contributed by atoms with Crippen LogP contribution in [0.1, 0.15) is 23.1 Å². The Labute approximate surface area is 254 Å². The summed E-state index contributed by atoms with van der Waals surface area (Å²) in [4.78, 5) is 24.5. The molecule has 4 aromatic carbocycles. The minimum atomic E-state index is -4.62. The molecular formula is C32H30N4O7S. The minimum Gasteiger partial charge on any atom is -0.508 e. The number of hydrogen-bond acceptors (Lipinski definition) is 8. The molecule has 0 spiro atoms. The number of nitro groups is 1. The molecule has 0 bridgehead atoms. The number of rotatable bonds is 10. The summed E-state index contributed by atoms with van der Waals surface area (Å²) in [7, 11) is -4.62. The van der Waals surface area contributed by atoms with Gasteiger partial charge in [0.15, 0.2) is 4.90 Å². The molecule has 1 amide bonds. The first-order valence-electron chi connectivity index (χ1n) is 14.1. The van der Waals surface area contributed by atoms with Crippen molar-refractivity contribution in [3.05, 3.63) is 130 Å². The number of nitrogens with one attached hydrogen (secondary N) is 2. The molecule has 0 unspecified atom stereocenters. The van der Waals surface area contributed by atoms with E-state index in [4.69, 9.17) is 4.74 Å². The highest BCUT2D eigenvalue weighted by atomic mass is 32.2. The molecule has 0 aliphatic carbocycles. The first kappa shape index (κ1) is 29.3. The third kappa shape index (κ3) is 5.27. The number of aromatic hydroxyl groups is 1. The van der Waals surface area contributed by atoms with Crippen molar-refractivity contribution in [3.63, 3.8) is 0 Å². The Hall–Kier alpha value is -4.78. The van der Waals surface area contributed by atoms with Crippen LogP contribution in [0.5, 0.6) is 5.75 Å². The van der Waals surface area contributed by atoms with E-state index in [-0.39, 0.29) is 25.3 Å². The zero-order valence-electron chi connectivity index (χ0n) is 23.5. The predicted octanol–water partition coefficient (Wildman–Crippen LogP) is 4.29. The fraction of sp³-hybridized carbons (Fsp3) is 0.219. The Morgan fingerprint density at radius 2 is 1.66 bits per heavy atom. The number of ether oxygens (including phenoxy) is 1. The van der Waals surface area contributed by atoms with Crippen LogP contribution in [0.15, 0.2) is 108 Å². The summed E-state index contributed by atoms with van der Waals surface area (Å²) < 4.78 is 36.5. The van der Waals surface area contributed by atoms with E-state index in [1.54, 1.807) is 24.3 Å². The van der Waals surface area contributed by atoms with Gasteiger partial charge in [-0.3, -0.25) is 14.9 Å². The summed E-state index contributed by atoms with van der Waals surface area (Å²) in [6, 6.07) is 27.1. The number of carbonyl (C=O) groups excluding carboxylic acids is 1. The van der Waals surface area contributed by atoms with Crippen molar-refractivity contribution in [3.8, 4) is 5.75 Å². The monoisotopic (exact) mass is 614 g/mol. The van der Waals surface area contributed by atoms with Crippen LogP contribution in [0.25, 0.3) is 0 Å². The van der Waals surface area contributed by atoms with Gasteiger partial charge in [-0.2, -0.15) is 4.31 Å². The average molecular weight is 615 g/mol. The molecule has 3 atom stereocenters. The lowest BCUT2D eigenvalue weighted by molar-refractivity contribution is -0.387. The first-order chi connectivity index (χ1) is 21.2. The Balaban J connectivity index is 1.40. The quantitative estimate of drug-likeness (QED) is 0.177. The number of hydrogen-bond donors (Lipinski definition) is 3. The molecule has 0 aromatic heterocycles. The van der Waals surface area contributed by atoms with E-state index in [0.29, 0.717) is 17.7 Å². The van der Waals surface area contributed by atoms with Crippen molar-refractivity contribution in [2.24, 2.45) is 0 Å². The van der Waals surface area contributed by atoms with Gasteiger partial charge in [-0.1, -0.05) is 72.8 Å². The van der Waals surface area contributed by atoms with E-state index in [1.165, 1.54) is 18.2 Å². The van der Waals surface area contributed by atoms with Crippen molar-refractivity contribution in [2.45, 2.75) is 42.2 Å². The SMILES string of the molecule is O=C(NCCc1ccc(O)cc1)[C@H]1C[C@@]2(OCc3ccccc3)c3ccccc3N[C@H]2N1S(=O)(=O)c1ccccc1[N+](=O)[O-]. The number of benzene rings is 4. The third-order valence-corrected chi connectivity index (χ3v) is 10.0. The van der Waals surface area contributed by atoms with Gasteiger partial charge < -0.3 is 20.5 Å². The molecule has 3 N–H and O–H groups in total. The number of phenols is 1. The standard InChI is InChI=1S/C32H30N4O7S/c37-24-16-14-22(15-17-24)18-19-33-30(38)28-20-32(43-21-23-8-2-1-3-9-23)25-10-4-5-11-26(25)34-31(32)35(28)44(41,42)29-13-7-6-12-27(29)36(39)40/h1-17,28,31,34,37H,18-21H2,(H,33,38)/t28-,31+,32-/m1/s1. The maximum absolute atomic E-state index is 14.4. The molecule has 1 saturated heterocycles. The van der Waals surface area contributed by atoms with Crippen LogP contribution in [0, 0.1) is 10.1 Å². The third-order valence-electron chi connectivity index (χ3n) is 8.08. The largest absolute Gasteiger partial charge is 0.508 e. The van der Waals surface area contributed by atoms with E-state index in [1.807, 2.05) is 54.6 Å². The molecule has 44 heavy (non-hydrogen) atoms. The number of amides is 1.